The Morgan fingerprint density at radius 3 is 1.60 bits per heavy atom. The van der Waals surface area contributed by atoms with Crippen LogP contribution in [0.1, 0.15) is 159 Å². The third-order valence-corrected chi connectivity index (χ3v) is 13.5. The normalized spacial score (nSPS) is 15.1. The molecule has 0 aliphatic carbocycles. The number of fused-ring (bicyclic) bond motifs is 2. The van der Waals surface area contributed by atoms with Gasteiger partial charge in [0.25, 0.3) is 0 Å². The highest BCUT2D eigenvalue weighted by Gasteiger charge is 2.33. The number of alkyl halides is 2. The number of aromatic nitrogens is 2. The zero-order chi connectivity index (χ0) is 50.1. The van der Waals surface area contributed by atoms with E-state index in [4.69, 9.17) is 60.6 Å². The molecule has 2 unspecified atom stereocenters. The smallest absolute Gasteiger partial charge is 0.418 e. The van der Waals surface area contributed by atoms with Gasteiger partial charge in [-0.25, -0.2) is 4.79 Å². The number of carbonyl (C=O) groups is 3. The number of H-pyrrole nitrogens is 1. The fraction of sp³-hybridized carbons (Fsp3) is 0.574. The molecular weight excluding hydrogens is 942 g/mol. The van der Waals surface area contributed by atoms with Crippen LogP contribution in [0.25, 0.3) is 0 Å². The van der Waals surface area contributed by atoms with Gasteiger partial charge in [-0.2, -0.15) is 0 Å². The lowest BCUT2D eigenvalue weighted by atomic mass is 9.86. The van der Waals surface area contributed by atoms with Crippen molar-refractivity contribution in [1.29, 1.82) is 0 Å². The van der Waals surface area contributed by atoms with Crippen LogP contribution in [-0.4, -0.2) is 74.6 Å². The number of ether oxygens (including phenoxy) is 3. The Kier molecular flexibility index (Phi) is 22.8. The van der Waals surface area contributed by atoms with Gasteiger partial charge in [-0.1, -0.05) is 85.3 Å². The Balaban J connectivity index is 0.000000286. The maximum atomic E-state index is 12.7. The highest BCUT2D eigenvalue weighted by Crippen LogP contribution is 2.38. The highest BCUT2D eigenvalue weighted by molar-refractivity contribution is 6.40. The van der Waals surface area contributed by atoms with Crippen molar-refractivity contribution >= 4 is 64.4 Å². The molecule has 6 rings (SSSR count). The zero-order valence-electron chi connectivity index (χ0n) is 41.9. The molecule has 2 aromatic carbocycles. The number of halogens is 4. The van der Waals surface area contributed by atoms with Crippen LogP contribution in [0.2, 0.25) is 10.0 Å². The van der Waals surface area contributed by atoms with Crippen LogP contribution >= 0.6 is 46.4 Å². The lowest BCUT2D eigenvalue weighted by Crippen LogP contribution is -2.36. The summed E-state index contributed by atoms with van der Waals surface area (Å²) in [6.45, 7) is 21.6. The fourth-order valence-electron chi connectivity index (χ4n) is 9.09. The van der Waals surface area contributed by atoms with Gasteiger partial charge in [0.15, 0.2) is 0 Å². The van der Waals surface area contributed by atoms with E-state index < -0.39 is 16.4 Å². The van der Waals surface area contributed by atoms with Gasteiger partial charge in [0.1, 0.15) is 5.60 Å². The van der Waals surface area contributed by atoms with Crippen LogP contribution in [0.5, 0.6) is 0 Å². The van der Waals surface area contributed by atoms with Crippen molar-refractivity contribution in [3.63, 3.8) is 0 Å². The molecular formula is C54H76Cl4N4O6. The average Bonchev–Trinajstić information content (AvgIpc) is 3.94. The van der Waals surface area contributed by atoms with Crippen LogP contribution in [-0.2, 0) is 49.7 Å². The molecule has 2 aromatic heterocycles. The molecule has 2 aliphatic heterocycles. The maximum Gasteiger partial charge on any atom is 0.418 e. The van der Waals surface area contributed by atoms with E-state index in [1.807, 2.05) is 111 Å². The monoisotopic (exact) mass is 1020 g/mol. The molecule has 0 amide bonds. The molecule has 10 nitrogen and oxygen atoms in total. The van der Waals surface area contributed by atoms with Crippen molar-refractivity contribution in [2.75, 3.05) is 31.6 Å². The quantitative estimate of drug-likeness (QED) is 0.0455. The van der Waals surface area contributed by atoms with Gasteiger partial charge < -0.3 is 19.2 Å². The van der Waals surface area contributed by atoms with Crippen LogP contribution in [0.4, 0.5) is 4.79 Å². The first kappa shape index (κ1) is 57.1. The summed E-state index contributed by atoms with van der Waals surface area (Å²) in [5.74, 6) is -0.232. The number of aromatic amines is 1. The second-order valence-electron chi connectivity index (χ2n) is 19.9. The minimum Gasteiger partial charge on any atom is -0.466 e. The minimum atomic E-state index is -0.536. The summed E-state index contributed by atoms with van der Waals surface area (Å²) in [7, 11) is 0. The average molecular weight is 1020 g/mol. The van der Waals surface area contributed by atoms with E-state index in [-0.39, 0.29) is 35.5 Å². The molecule has 0 bridgehead atoms. The SMILES string of the molecule is CCOC(=O)C(C)(C)CCCCC(c1ccccc1Cl)N1CCc2[nH]ccc2C1.CCOC(=O)C(C)(C)CCCCC(c1ccccc1Cl)N1CCc2c(ccn2C(=O)OC(C)(C)C)C1.ClCCl. The van der Waals surface area contributed by atoms with E-state index in [9.17, 15) is 14.4 Å². The van der Waals surface area contributed by atoms with Crippen molar-refractivity contribution in [3.05, 3.63) is 117 Å². The first-order chi connectivity index (χ1) is 32.3. The van der Waals surface area contributed by atoms with E-state index in [1.54, 1.807) is 4.57 Å². The summed E-state index contributed by atoms with van der Waals surface area (Å²) in [6.07, 6.45) is 12.9. The van der Waals surface area contributed by atoms with E-state index >= 15 is 0 Å². The Hall–Kier alpha value is -3.51. The number of nitrogens with zero attached hydrogens (tertiary/aromatic N) is 3. The number of hydrogen-bond donors (Lipinski definition) is 1. The number of carbonyl (C=O) groups excluding carboxylic acids is 3. The van der Waals surface area contributed by atoms with Crippen molar-refractivity contribution in [2.45, 2.75) is 157 Å². The lowest BCUT2D eigenvalue weighted by molar-refractivity contribution is -0.154. The standard InChI is InChI=1S/C29H41ClN2O4.C24H33ClN2O2.CH2Cl2/c1-7-35-26(33)29(5,6)17-11-10-14-25(22-12-8-9-13-23(22)30)31-18-16-24-21(20-31)15-19-32(24)27(34)36-28(2,3)4;1-4-29-23(28)24(2,3)14-8-7-11-22(19-9-5-6-10-20(19)25)27-16-13-21-18(17-27)12-15-26-21;2-1-3/h8-9,12-13,15,19,25H,7,10-11,14,16-18,20H2,1-6H3;5-6,9-10,12,15,22,26H,4,7-8,11,13-14,16-17H2,1-3H3;1H2. The predicted molar refractivity (Wildman–Crippen MR) is 278 cm³/mol. The van der Waals surface area contributed by atoms with Crippen LogP contribution in [0, 0.1) is 10.8 Å². The number of hydrogen-bond acceptors (Lipinski definition) is 8. The van der Waals surface area contributed by atoms with Gasteiger partial charge in [-0.3, -0.25) is 24.0 Å². The number of nitrogens with one attached hydrogen (secondary N) is 1. The summed E-state index contributed by atoms with van der Waals surface area (Å²) in [5, 5.41) is 1.80. The molecule has 0 saturated heterocycles. The highest BCUT2D eigenvalue weighted by atomic mass is 35.5. The molecule has 14 heteroatoms. The summed E-state index contributed by atoms with van der Waals surface area (Å²) in [4.78, 5) is 45.5. The zero-order valence-corrected chi connectivity index (χ0v) is 44.9. The molecule has 4 aromatic rings. The second kappa shape index (κ2) is 27.2. The number of esters is 2. The number of rotatable bonds is 18. The van der Waals surface area contributed by atoms with Crippen LogP contribution in [0.15, 0.2) is 73.1 Å². The van der Waals surface area contributed by atoms with E-state index in [1.165, 1.54) is 16.8 Å². The van der Waals surface area contributed by atoms with Gasteiger partial charge in [-0.05, 0) is 135 Å². The predicted octanol–water partition coefficient (Wildman–Crippen LogP) is 14.5. The van der Waals surface area contributed by atoms with Crippen LogP contribution < -0.4 is 0 Å². The summed E-state index contributed by atoms with van der Waals surface area (Å²) in [6, 6.07) is 20.9. The van der Waals surface area contributed by atoms with Crippen molar-refractivity contribution in [2.24, 2.45) is 10.8 Å². The van der Waals surface area contributed by atoms with E-state index in [0.29, 0.717) is 13.2 Å². The summed E-state index contributed by atoms with van der Waals surface area (Å²) >= 11 is 22.8. The number of unbranched alkanes of at least 4 members (excludes halogenated alkanes) is 2. The molecule has 1 N–H and O–H groups in total. The molecule has 4 heterocycles. The van der Waals surface area contributed by atoms with Gasteiger partial charge in [0.05, 0.1) is 29.4 Å². The lowest BCUT2D eigenvalue weighted by Gasteiger charge is -2.36. The maximum absolute atomic E-state index is 12.7. The largest absolute Gasteiger partial charge is 0.466 e. The third kappa shape index (κ3) is 16.8. The Morgan fingerprint density at radius 1 is 0.662 bits per heavy atom. The molecule has 68 heavy (non-hydrogen) atoms. The fourth-order valence-corrected chi connectivity index (χ4v) is 9.61. The van der Waals surface area contributed by atoms with Gasteiger partial charge in [0, 0.05) is 84.9 Å². The summed E-state index contributed by atoms with van der Waals surface area (Å²) in [5.41, 5.74) is 5.79. The second-order valence-corrected chi connectivity index (χ2v) is 21.6. The first-order valence-electron chi connectivity index (χ1n) is 24.3. The van der Waals surface area contributed by atoms with Gasteiger partial charge in [-0.15, -0.1) is 23.2 Å². The van der Waals surface area contributed by atoms with Crippen molar-refractivity contribution in [1.82, 2.24) is 19.4 Å². The molecule has 0 radical (unpaired) electrons. The topological polar surface area (TPSA) is 106 Å². The Morgan fingerprint density at radius 2 is 1.13 bits per heavy atom. The van der Waals surface area contributed by atoms with Gasteiger partial charge >= 0.3 is 18.0 Å². The molecule has 0 fully saturated rings. The van der Waals surface area contributed by atoms with Crippen LogP contribution in [0.3, 0.4) is 0 Å². The first-order valence-corrected chi connectivity index (χ1v) is 26.1. The number of benzene rings is 2. The minimum absolute atomic E-state index is 0.0985. The molecule has 0 spiro atoms. The molecule has 2 aliphatic rings. The molecule has 0 saturated carbocycles. The van der Waals surface area contributed by atoms with E-state index in [0.717, 1.165) is 117 Å². The molecule has 376 valence electrons. The van der Waals surface area contributed by atoms with Crippen molar-refractivity contribution < 1.29 is 28.6 Å². The molecule has 2 atom stereocenters. The van der Waals surface area contributed by atoms with Crippen molar-refractivity contribution in [3.8, 4) is 0 Å². The Bertz CT molecular complexity index is 2200. The Labute approximate surface area is 426 Å². The third-order valence-electron chi connectivity index (χ3n) is 12.8. The van der Waals surface area contributed by atoms with E-state index in [2.05, 4.69) is 39.0 Å². The summed E-state index contributed by atoms with van der Waals surface area (Å²) < 4.78 is 17.7. The van der Waals surface area contributed by atoms with Gasteiger partial charge in [0.2, 0.25) is 0 Å².